The summed E-state index contributed by atoms with van der Waals surface area (Å²) in [5.41, 5.74) is 2.47. The second kappa shape index (κ2) is 10.6. The van der Waals surface area contributed by atoms with Crippen LogP contribution in [0.15, 0.2) is 42.2 Å². The highest BCUT2D eigenvalue weighted by molar-refractivity contribution is 5.88. The lowest BCUT2D eigenvalue weighted by Crippen LogP contribution is -2.39. The number of aromatic nitrogens is 2. The molecule has 2 aromatic rings. The zero-order chi connectivity index (χ0) is 21.3. The van der Waals surface area contributed by atoms with Crippen LogP contribution >= 0.6 is 0 Å². The zero-order valence-corrected chi connectivity index (χ0v) is 17.9. The summed E-state index contributed by atoms with van der Waals surface area (Å²) in [4.78, 5) is 22.4. The van der Waals surface area contributed by atoms with Crippen molar-refractivity contribution in [3.05, 3.63) is 47.8 Å². The molecule has 7 heteroatoms. The number of ether oxygens (including phenoxy) is 2. The summed E-state index contributed by atoms with van der Waals surface area (Å²) < 4.78 is 10.8. The van der Waals surface area contributed by atoms with Crippen molar-refractivity contribution < 1.29 is 14.3 Å². The second-order valence-corrected chi connectivity index (χ2v) is 7.77. The SMILES string of the molecule is COc1cnc(NC(=O)N2CCC(=Cc3cccc(OCCC(C)C)c3)CC2)cn1. The predicted molar refractivity (Wildman–Crippen MR) is 118 cm³/mol. The minimum absolute atomic E-state index is 0.158. The Morgan fingerprint density at radius 3 is 2.70 bits per heavy atom. The highest BCUT2D eigenvalue weighted by Gasteiger charge is 2.19. The third-order valence-electron chi connectivity index (χ3n) is 4.96. The van der Waals surface area contributed by atoms with Crippen molar-refractivity contribution in [2.75, 3.05) is 32.1 Å². The molecule has 3 rings (SSSR count). The van der Waals surface area contributed by atoms with Crippen LogP contribution in [0.4, 0.5) is 10.6 Å². The number of hydrogen-bond acceptors (Lipinski definition) is 5. The number of nitrogens with zero attached hydrogens (tertiary/aromatic N) is 3. The number of amides is 2. The Hall–Kier alpha value is -3.09. The number of carbonyl (C=O) groups is 1. The minimum Gasteiger partial charge on any atom is -0.494 e. The highest BCUT2D eigenvalue weighted by Crippen LogP contribution is 2.22. The van der Waals surface area contributed by atoms with Crippen LogP contribution in [0, 0.1) is 5.92 Å². The van der Waals surface area contributed by atoms with Crippen molar-refractivity contribution in [1.82, 2.24) is 14.9 Å². The van der Waals surface area contributed by atoms with Crippen molar-refractivity contribution in [2.24, 2.45) is 5.92 Å². The lowest BCUT2D eigenvalue weighted by atomic mass is 10.0. The summed E-state index contributed by atoms with van der Waals surface area (Å²) in [5, 5.41) is 2.78. The van der Waals surface area contributed by atoms with Gasteiger partial charge in [0.2, 0.25) is 5.88 Å². The van der Waals surface area contributed by atoms with Crippen LogP contribution in [-0.4, -0.2) is 47.7 Å². The molecule has 1 aromatic heterocycles. The topological polar surface area (TPSA) is 76.6 Å². The van der Waals surface area contributed by atoms with Crippen LogP contribution in [0.3, 0.4) is 0 Å². The first kappa shape index (κ1) is 21.6. The van der Waals surface area contributed by atoms with Crippen LogP contribution in [0.5, 0.6) is 11.6 Å². The molecule has 0 aliphatic carbocycles. The van der Waals surface area contributed by atoms with Crippen LogP contribution < -0.4 is 14.8 Å². The van der Waals surface area contributed by atoms with Gasteiger partial charge in [0.15, 0.2) is 5.82 Å². The number of piperidine rings is 1. The van der Waals surface area contributed by atoms with Crippen molar-refractivity contribution >= 4 is 17.9 Å². The average Bonchev–Trinajstić information content (AvgIpc) is 2.75. The number of carbonyl (C=O) groups excluding carboxylic acids is 1. The molecule has 1 fully saturated rings. The van der Waals surface area contributed by atoms with Gasteiger partial charge in [-0.3, -0.25) is 5.32 Å². The number of nitrogens with one attached hydrogen (secondary N) is 1. The number of anilines is 1. The van der Waals surface area contributed by atoms with E-state index in [9.17, 15) is 4.79 Å². The first-order chi connectivity index (χ1) is 14.5. The molecule has 7 nitrogen and oxygen atoms in total. The fourth-order valence-corrected chi connectivity index (χ4v) is 3.16. The number of benzene rings is 1. The molecular weight excluding hydrogens is 380 g/mol. The van der Waals surface area contributed by atoms with Gasteiger partial charge in [0.05, 0.1) is 26.1 Å². The second-order valence-electron chi connectivity index (χ2n) is 7.77. The van der Waals surface area contributed by atoms with E-state index >= 15 is 0 Å². The van der Waals surface area contributed by atoms with Gasteiger partial charge in [0.1, 0.15) is 5.75 Å². The number of urea groups is 1. The molecule has 1 saturated heterocycles. The summed E-state index contributed by atoms with van der Waals surface area (Å²) >= 11 is 0. The van der Waals surface area contributed by atoms with E-state index in [1.165, 1.54) is 25.1 Å². The Morgan fingerprint density at radius 1 is 1.23 bits per heavy atom. The van der Waals surface area contributed by atoms with Gasteiger partial charge in [0, 0.05) is 13.1 Å². The smallest absolute Gasteiger partial charge is 0.323 e. The molecule has 0 spiro atoms. The molecule has 2 amide bonds. The van der Waals surface area contributed by atoms with E-state index in [0.29, 0.717) is 30.7 Å². The average molecular weight is 411 g/mol. The van der Waals surface area contributed by atoms with Crippen LogP contribution in [-0.2, 0) is 0 Å². The predicted octanol–water partition coefficient (Wildman–Crippen LogP) is 4.62. The number of hydrogen-bond donors (Lipinski definition) is 1. The Kier molecular flexibility index (Phi) is 7.65. The zero-order valence-electron chi connectivity index (χ0n) is 17.9. The highest BCUT2D eigenvalue weighted by atomic mass is 16.5. The van der Waals surface area contributed by atoms with Crippen molar-refractivity contribution in [2.45, 2.75) is 33.1 Å². The maximum absolute atomic E-state index is 12.5. The molecule has 0 atom stereocenters. The summed E-state index contributed by atoms with van der Waals surface area (Å²) in [6.45, 7) is 6.47. The molecule has 1 N–H and O–H groups in total. The minimum atomic E-state index is -0.158. The molecule has 1 aromatic carbocycles. The monoisotopic (exact) mass is 410 g/mol. The fraction of sp³-hybridized carbons (Fsp3) is 0.435. The number of methoxy groups -OCH3 is 1. The molecule has 1 aliphatic rings. The maximum Gasteiger partial charge on any atom is 0.323 e. The van der Waals surface area contributed by atoms with Gasteiger partial charge in [-0.15, -0.1) is 0 Å². The number of rotatable bonds is 7. The first-order valence-electron chi connectivity index (χ1n) is 10.4. The summed E-state index contributed by atoms with van der Waals surface area (Å²) in [6, 6.07) is 8.03. The van der Waals surface area contributed by atoms with E-state index in [-0.39, 0.29) is 6.03 Å². The molecule has 1 aliphatic heterocycles. The van der Waals surface area contributed by atoms with Gasteiger partial charge >= 0.3 is 6.03 Å². The fourth-order valence-electron chi connectivity index (χ4n) is 3.16. The van der Waals surface area contributed by atoms with Crippen LogP contribution in [0.25, 0.3) is 6.08 Å². The standard InChI is InChI=1S/C23H30N4O3/c1-17(2)9-12-30-20-6-4-5-19(14-20)13-18-7-10-27(11-8-18)23(28)26-21-15-25-22(29-3)16-24-21/h4-6,13-17H,7-12H2,1-3H3,(H,24,26,28). The third kappa shape index (κ3) is 6.47. The van der Waals surface area contributed by atoms with Crippen molar-refractivity contribution in [3.63, 3.8) is 0 Å². The van der Waals surface area contributed by atoms with E-state index < -0.39 is 0 Å². The Morgan fingerprint density at radius 2 is 2.03 bits per heavy atom. The quantitative estimate of drug-likeness (QED) is 0.721. The molecule has 30 heavy (non-hydrogen) atoms. The normalized spacial score (nSPS) is 13.9. The Labute approximate surface area is 178 Å². The lowest BCUT2D eigenvalue weighted by Gasteiger charge is -2.28. The van der Waals surface area contributed by atoms with Gasteiger partial charge in [-0.2, -0.15) is 0 Å². The van der Waals surface area contributed by atoms with Gasteiger partial charge in [-0.25, -0.2) is 14.8 Å². The largest absolute Gasteiger partial charge is 0.494 e. The Bertz CT molecular complexity index is 855. The van der Waals surface area contributed by atoms with E-state index in [1.807, 2.05) is 12.1 Å². The molecule has 0 saturated carbocycles. The lowest BCUT2D eigenvalue weighted by molar-refractivity contribution is 0.207. The molecule has 0 bridgehead atoms. The summed E-state index contributed by atoms with van der Waals surface area (Å²) in [6.07, 6.45) is 7.92. The molecule has 2 heterocycles. The Balaban J connectivity index is 1.50. The first-order valence-corrected chi connectivity index (χ1v) is 10.4. The van der Waals surface area contributed by atoms with Gasteiger partial charge in [-0.1, -0.05) is 37.6 Å². The van der Waals surface area contributed by atoms with Crippen molar-refractivity contribution in [3.8, 4) is 11.6 Å². The maximum atomic E-state index is 12.5. The molecule has 0 unspecified atom stereocenters. The summed E-state index contributed by atoms with van der Waals surface area (Å²) in [7, 11) is 1.53. The molecule has 160 valence electrons. The number of likely N-dealkylation sites (tertiary alicyclic amines) is 1. The molecule has 0 radical (unpaired) electrons. The van der Waals surface area contributed by atoms with E-state index in [0.717, 1.165) is 37.2 Å². The van der Waals surface area contributed by atoms with E-state index in [4.69, 9.17) is 9.47 Å². The molecular formula is C23H30N4O3. The van der Waals surface area contributed by atoms with Gasteiger partial charge < -0.3 is 14.4 Å². The van der Waals surface area contributed by atoms with E-state index in [2.05, 4.69) is 47.3 Å². The van der Waals surface area contributed by atoms with Crippen LogP contribution in [0.1, 0.15) is 38.7 Å². The van der Waals surface area contributed by atoms with E-state index in [1.54, 1.807) is 4.90 Å². The van der Waals surface area contributed by atoms with Gasteiger partial charge in [-0.05, 0) is 42.9 Å². The van der Waals surface area contributed by atoms with Gasteiger partial charge in [0.25, 0.3) is 0 Å². The third-order valence-corrected chi connectivity index (χ3v) is 4.96. The van der Waals surface area contributed by atoms with Crippen LogP contribution in [0.2, 0.25) is 0 Å². The summed E-state index contributed by atoms with van der Waals surface area (Å²) in [5.74, 6) is 2.36. The van der Waals surface area contributed by atoms with Crippen molar-refractivity contribution in [1.29, 1.82) is 0 Å².